The number of halogens is 1. The molecular formula is C14H23ClN2O2S. The minimum absolute atomic E-state index is 0. The van der Waals surface area contributed by atoms with Crippen molar-refractivity contribution in [2.45, 2.75) is 31.7 Å². The molecule has 1 aromatic rings. The summed E-state index contributed by atoms with van der Waals surface area (Å²) in [7, 11) is -3.19. The van der Waals surface area contributed by atoms with Gasteiger partial charge in [-0.1, -0.05) is 24.3 Å². The Labute approximate surface area is 127 Å². The van der Waals surface area contributed by atoms with Crippen LogP contribution in [0.25, 0.3) is 0 Å². The molecule has 0 atom stereocenters. The van der Waals surface area contributed by atoms with Crippen molar-refractivity contribution < 1.29 is 8.42 Å². The average molecular weight is 319 g/mol. The molecule has 0 radical (unpaired) electrons. The third-order valence-corrected chi connectivity index (χ3v) is 4.56. The summed E-state index contributed by atoms with van der Waals surface area (Å²) in [6, 6.07) is 8.18. The molecule has 4 nitrogen and oxygen atoms in total. The zero-order valence-corrected chi connectivity index (χ0v) is 13.6. The van der Waals surface area contributed by atoms with E-state index in [-0.39, 0.29) is 17.9 Å². The molecule has 0 aliphatic carbocycles. The largest absolute Gasteiger partial charge is 0.317 e. The predicted octanol–water partition coefficient (Wildman–Crippen LogP) is 1.63. The fourth-order valence-electron chi connectivity index (χ4n) is 2.79. The SMILES string of the molecule is Cc1ccccc1CC1(NS(C)(=O)=O)CCNCC1.Cl. The third-order valence-electron chi connectivity index (χ3n) is 3.75. The molecule has 0 saturated carbocycles. The summed E-state index contributed by atoms with van der Waals surface area (Å²) in [5, 5.41) is 3.29. The minimum Gasteiger partial charge on any atom is -0.317 e. The second kappa shape index (κ2) is 6.89. The normalized spacial score (nSPS) is 18.3. The Morgan fingerprint density at radius 2 is 1.85 bits per heavy atom. The lowest BCUT2D eigenvalue weighted by Gasteiger charge is -2.38. The lowest BCUT2D eigenvalue weighted by molar-refractivity contribution is 0.280. The molecule has 1 aliphatic heterocycles. The Morgan fingerprint density at radius 3 is 2.40 bits per heavy atom. The maximum absolute atomic E-state index is 11.6. The van der Waals surface area contributed by atoms with Gasteiger partial charge in [0.05, 0.1) is 6.26 Å². The smallest absolute Gasteiger partial charge is 0.209 e. The van der Waals surface area contributed by atoms with Gasteiger partial charge in [0.25, 0.3) is 0 Å². The number of rotatable bonds is 4. The third kappa shape index (κ3) is 4.74. The number of hydrogen-bond acceptors (Lipinski definition) is 3. The van der Waals surface area contributed by atoms with E-state index in [4.69, 9.17) is 0 Å². The number of aryl methyl sites for hydroxylation is 1. The number of benzene rings is 1. The van der Waals surface area contributed by atoms with E-state index < -0.39 is 10.0 Å². The highest BCUT2D eigenvalue weighted by molar-refractivity contribution is 7.88. The number of hydrogen-bond donors (Lipinski definition) is 2. The molecule has 2 rings (SSSR count). The topological polar surface area (TPSA) is 58.2 Å². The molecule has 1 heterocycles. The number of piperidine rings is 1. The Bertz CT molecular complexity index is 540. The fraction of sp³-hybridized carbons (Fsp3) is 0.571. The van der Waals surface area contributed by atoms with Gasteiger partial charge in [-0.15, -0.1) is 12.4 Å². The maximum Gasteiger partial charge on any atom is 0.209 e. The summed E-state index contributed by atoms with van der Waals surface area (Å²) in [5.41, 5.74) is 2.10. The summed E-state index contributed by atoms with van der Waals surface area (Å²) in [5.74, 6) is 0. The van der Waals surface area contributed by atoms with Crippen LogP contribution >= 0.6 is 12.4 Å². The molecular weight excluding hydrogens is 296 g/mol. The van der Waals surface area contributed by atoms with Crippen LogP contribution in [0, 0.1) is 6.92 Å². The number of nitrogens with one attached hydrogen (secondary N) is 2. The zero-order valence-electron chi connectivity index (χ0n) is 12.0. The first kappa shape index (κ1) is 17.4. The van der Waals surface area contributed by atoms with Gasteiger partial charge in [0.15, 0.2) is 0 Å². The van der Waals surface area contributed by atoms with Crippen molar-refractivity contribution >= 4 is 22.4 Å². The van der Waals surface area contributed by atoms with Crippen LogP contribution < -0.4 is 10.0 Å². The van der Waals surface area contributed by atoms with E-state index in [1.807, 2.05) is 12.1 Å². The second-order valence-corrected chi connectivity index (χ2v) is 7.26. The van der Waals surface area contributed by atoms with E-state index in [0.717, 1.165) is 32.4 Å². The lowest BCUT2D eigenvalue weighted by Crippen LogP contribution is -2.55. The van der Waals surface area contributed by atoms with Crippen LogP contribution in [-0.4, -0.2) is 33.3 Å². The van der Waals surface area contributed by atoms with E-state index in [1.54, 1.807) is 0 Å². The average Bonchev–Trinajstić information content (AvgIpc) is 2.31. The molecule has 114 valence electrons. The van der Waals surface area contributed by atoms with Gasteiger partial charge in [0, 0.05) is 5.54 Å². The molecule has 0 spiro atoms. The van der Waals surface area contributed by atoms with Crippen LogP contribution in [0.1, 0.15) is 24.0 Å². The molecule has 20 heavy (non-hydrogen) atoms. The summed E-state index contributed by atoms with van der Waals surface area (Å²) in [6.45, 7) is 3.79. The molecule has 1 aliphatic rings. The van der Waals surface area contributed by atoms with Crippen molar-refractivity contribution in [3.8, 4) is 0 Å². The van der Waals surface area contributed by atoms with E-state index in [0.29, 0.717) is 0 Å². The molecule has 6 heteroatoms. The molecule has 1 fully saturated rings. The maximum atomic E-state index is 11.6. The van der Waals surface area contributed by atoms with Crippen molar-refractivity contribution in [2.24, 2.45) is 0 Å². The highest BCUT2D eigenvalue weighted by atomic mass is 35.5. The highest BCUT2D eigenvalue weighted by Gasteiger charge is 2.35. The molecule has 0 amide bonds. The minimum atomic E-state index is -3.19. The van der Waals surface area contributed by atoms with Gasteiger partial charge in [0.1, 0.15) is 0 Å². The molecule has 0 bridgehead atoms. The van der Waals surface area contributed by atoms with Crippen LogP contribution in [0.3, 0.4) is 0 Å². The van der Waals surface area contributed by atoms with E-state index in [1.165, 1.54) is 17.4 Å². The van der Waals surface area contributed by atoms with Crippen LogP contribution in [0.5, 0.6) is 0 Å². The molecule has 1 aromatic carbocycles. The number of sulfonamides is 1. The first-order valence-electron chi connectivity index (χ1n) is 6.64. The van der Waals surface area contributed by atoms with Gasteiger partial charge in [-0.3, -0.25) is 0 Å². The van der Waals surface area contributed by atoms with Gasteiger partial charge in [-0.05, 0) is 50.4 Å². The van der Waals surface area contributed by atoms with Crippen LogP contribution in [0.4, 0.5) is 0 Å². The first-order valence-corrected chi connectivity index (χ1v) is 8.54. The van der Waals surface area contributed by atoms with Crippen molar-refractivity contribution in [2.75, 3.05) is 19.3 Å². The van der Waals surface area contributed by atoms with Crippen LogP contribution in [0.2, 0.25) is 0 Å². The molecule has 0 aromatic heterocycles. The molecule has 0 unspecified atom stereocenters. The summed E-state index contributed by atoms with van der Waals surface area (Å²) in [4.78, 5) is 0. The highest BCUT2D eigenvalue weighted by Crippen LogP contribution is 2.25. The molecule has 2 N–H and O–H groups in total. The van der Waals surface area contributed by atoms with Crippen LogP contribution in [0.15, 0.2) is 24.3 Å². The van der Waals surface area contributed by atoms with E-state index >= 15 is 0 Å². The predicted molar refractivity (Wildman–Crippen MR) is 84.9 cm³/mol. The van der Waals surface area contributed by atoms with Gasteiger partial charge in [-0.2, -0.15) is 0 Å². The summed E-state index contributed by atoms with van der Waals surface area (Å²) in [6.07, 6.45) is 3.66. The molecule has 1 saturated heterocycles. The standard InChI is InChI=1S/C14H22N2O2S.ClH/c1-12-5-3-4-6-13(12)11-14(16-19(2,17)18)7-9-15-10-8-14;/h3-6,15-16H,7-11H2,1-2H3;1H. The van der Waals surface area contributed by atoms with Gasteiger partial charge in [0.2, 0.25) is 10.0 Å². The van der Waals surface area contributed by atoms with E-state index in [2.05, 4.69) is 29.1 Å². The van der Waals surface area contributed by atoms with Gasteiger partial charge >= 0.3 is 0 Å². The summed E-state index contributed by atoms with van der Waals surface area (Å²) < 4.78 is 26.2. The van der Waals surface area contributed by atoms with Crippen molar-refractivity contribution in [3.63, 3.8) is 0 Å². The Hall–Kier alpha value is -0.620. The second-order valence-electron chi connectivity index (χ2n) is 5.51. The Morgan fingerprint density at radius 1 is 1.25 bits per heavy atom. The zero-order chi connectivity index (χ0) is 13.9. The fourth-order valence-corrected chi connectivity index (χ4v) is 3.85. The Balaban J connectivity index is 0.00000200. The first-order chi connectivity index (χ1) is 8.90. The Kier molecular flexibility index (Phi) is 6.01. The van der Waals surface area contributed by atoms with Crippen molar-refractivity contribution in [1.29, 1.82) is 0 Å². The monoisotopic (exact) mass is 318 g/mol. The lowest BCUT2D eigenvalue weighted by atomic mass is 9.82. The quantitative estimate of drug-likeness (QED) is 0.887. The van der Waals surface area contributed by atoms with Crippen molar-refractivity contribution in [1.82, 2.24) is 10.0 Å². The van der Waals surface area contributed by atoms with Gasteiger partial charge < -0.3 is 5.32 Å². The van der Waals surface area contributed by atoms with Crippen molar-refractivity contribution in [3.05, 3.63) is 35.4 Å². The summed E-state index contributed by atoms with van der Waals surface area (Å²) >= 11 is 0. The van der Waals surface area contributed by atoms with Gasteiger partial charge in [-0.25, -0.2) is 13.1 Å². The van der Waals surface area contributed by atoms with Crippen LogP contribution in [-0.2, 0) is 16.4 Å². The van der Waals surface area contributed by atoms with E-state index in [9.17, 15) is 8.42 Å².